The highest BCUT2D eigenvalue weighted by molar-refractivity contribution is 5.30. The zero-order valence-electron chi connectivity index (χ0n) is 7.10. The first-order chi connectivity index (χ1) is 6.03. The average Bonchev–Trinajstić information content (AvgIpc) is 2.02. The monoisotopic (exact) mass is 173 g/mol. The van der Waals surface area contributed by atoms with Crippen LogP contribution < -0.4 is 10.4 Å². The highest BCUT2D eigenvalue weighted by atomic mass is 19.4. The second-order valence-electron chi connectivity index (χ2n) is 2.31. The molecule has 1 rings (SSSR count). The summed E-state index contributed by atoms with van der Waals surface area (Å²) in [6.07, 6.45) is -4.15. The molecule has 0 radical (unpaired) electrons. The van der Waals surface area contributed by atoms with E-state index in [0.717, 1.165) is 6.55 Å². The number of benzene rings is 1. The lowest BCUT2D eigenvalue weighted by atomic mass is 10.2. The molecule has 0 fully saturated rings. The number of hydrogen-bond acceptors (Lipinski definition) is 0. The van der Waals surface area contributed by atoms with E-state index in [-0.39, 0.29) is 16.5 Å². The van der Waals surface area contributed by atoms with Crippen molar-refractivity contribution in [2.75, 3.05) is 0 Å². The maximum absolute atomic E-state index is 11.9. The normalized spacial score (nSPS) is 16.4. The van der Waals surface area contributed by atoms with Crippen molar-refractivity contribution < 1.29 is 14.5 Å². The summed E-state index contributed by atoms with van der Waals surface area (Å²) < 4.78 is 42.7. The number of alkyl halides is 3. The van der Waals surface area contributed by atoms with E-state index < -0.39 is 6.18 Å². The molecule has 64 valence electrons. The average molecular weight is 173 g/mol. The van der Waals surface area contributed by atoms with E-state index in [1.54, 1.807) is 6.07 Å². The van der Waals surface area contributed by atoms with Crippen molar-refractivity contribution in [3.05, 3.63) is 34.7 Å². The van der Waals surface area contributed by atoms with Crippen LogP contribution in [0, 0.1) is 0 Å². The Hall–Kier alpha value is -1.25. The summed E-state index contributed by atoms with van der Waals surface area (Å²) in [7, 11) is 0. The molecular weight excluding hydrogens is 165 g/mol. The summed E-state index contributed by atoms with van der Waals surface area (Å²) >= 11 is 0. The number of halogens is 3. The Bertz CT molecular complexity index is 392. The van der Waals surface area contributed by atoms with E-state index in [1.165, 1.54) is 18.2 Å². The molecule has 3 heteroatoms. The molecule has 0 heterocycles. The largest absolute Gasteiger partial charge is 0.410 e. The minimum atomic E-state index is -4.33. The van der Waals surface area contributed by atoms with Crippen LogP contribution in [0.4, 0.5) is 13.2 Å². The lowest BCUT2D eigenvalue weighted by molar-refractivity contribution is -0.0634. The smallest absolute Gasteiger partial charge is 0.167 e. The van der Waals surface area contributed by atoms with Gasteiger partial charge in [0.05, 0.1) is 1.37 Å². The van der Waals surface area contributed by atoms with Crippen molar-refractivity contribution in [1.82, 2.24) is 0 Å². The van der Waals surface area contributed by atoms with E-state index in [9.17, 15) is 13.2 Å². The molecule has 0 aromatic heterocycles. The van der Waals surface area contributed by atoms with Gasteiger partial charge in [-0.1, -0.05) is 30.8 Å². The van der Waals surface area contributed by atoms with E-state index in [1.807, 2.05) is 0 Å². The van der Waals surface area contributed by atoms with Gasteiger partial charge in [-0.05, 0) is 10.4 Å². The summed E-state index contributed by atoms with van der Waals surface area (Å²) in [4.78, 5) is 0. The van der Waals surface area contributed by atoms with Crippen molar-refractivity contribution >= 4 is 12.6 Å². The summed E-state index contributed by atoms with van der Waals surface area (Å²) in [6, 6.07) is 5.89. The van der Waals surface area contributed by atoms with Crippen LogP contribution >= 0.6 is 0 Å². The molecule has 0 aliphatic carbocycles. The van der Waals surface area contributed by atoms with Gasteiger partial charge in [0.25, 0.3) is 0 Å². The molecule has 0 amide bonds. The Morgan fingerprint density at radius 3 is 2.58 bits per heavy atom. The van der Waals surface area contributed by atoms with Gasteiger partial charge in [0, 0.05) is 6.08 Å². The van der Waals surface area contributed by atoms with Gasteiger partial charge in [0.2, 0.25) is 0 Å². The number of rotatable bonds is 0. The zero-order chi connectivity index (χ0) is 9.90. The van der Waals surface area contributed by atoms with Crippen LogP contribution in [0.3, 0.4) is 0 Å². The summed E-state index contributed by atoms with van der Waals surface area (Å²) in [6.45, 7) is 0.900. The first kappa shape index (κ1) is 7.40. The zero-order valence-corrected chi connectivity index (χ0v) is 6.10. The topological polar surface area (TPSA) is 0 Å². The third-order valence-corrected chi connectivity index (χ3v) is 1.32. The van der Waals surface area contributed by atoms with Gasteiger partial charge < -0.3 is 0 Å². The molecule has 0 nitrogen and oxygen atoms in total. The highest BCUT2D eigenvalue weighted by Crippen LogP contribution is 2.15. The molecule has 1 aromatic carbocycles. The minimum Gasteiger partial charge on any atom is -0.167 e. The van der Waals surface area contributed by atoms with E-state index in [2.05, 4.69) is 0 Å². The predicted molar refractivity (Wildman–Crippen MR) is 41.7 cm³/mol. The second-order valence-corrected chi connectivity index (χ2v) is 2.31. The third-order valence-electron chi connectivity index (χ3n) is 1.32. The maximum Gasteiger partial charge on any atom is 0.410 e. The summed E-state index contributed by atoms with van der Waals surface area (Å²) in [5, 5.41) is 0.282. The van der Waals surface area contributed by atoms with Crippen LogP contribution in [0.2, 0.25) is 0 Å². The Balaban J connectivity index is 3.39. The van der Waals surface area contributed by atoms with Crippen LogP contribution in [-0.2, 0) is 0 Å². The molecule has 0 atom stereocenters. The first-order valence-electron chi connectivity index (χ1n) is 3.84. The molecule has 0 aliphatic rings. The van der Waals surface area contributed by atoms with Gasteiger partial charge in [-0.2, -0.15) is 13.2 Å². The fourth-order valence-electron chi connectivity index (χ4n) is 0.819. The Morgan fingerprint density at radius 2 is 2.00 bits per heavy atom. The van der Waals surface area contributed by atoms with Crippen LogP contribution in [0.25, 0.3) is 12.6 Å². The Labute approximate surface area is 69.0 Å². The van der Waals surface area contributed by atoms with Crippen molar-refractivity contribution in [1.29, 1.82) is 0 Å². The van der Waals surface area contributed by atoms with Crippen molar-refractivity contribution in [2.24, 2.45) is 0 Å². The van der Waals surface area contributed by atoms with E-state index >= 15 is 0 Å². The quantitative estimate of drug-likeness (QED) is 0.557. The standard InChI is InChI=1S/C9H7F3/c1-7-4-2-3-5-8(7)6-9(10,11)12/h2-6H,1H2/b8-6+/i1D/b7-1?,8-6+. The molecule has 0 unspecified atom stereocenters. The molecule has 0 aliphatic heterocycles. The molecule has 0 N–H and O–H groups in total. The number of hydrogen-bond donors (Lipinski definition) is 0. The lowest BCUT2D eigenvalue weighted by Gasteiger charge is -1.96. The fourth-order valence-corrected chi connectivity index (χ4v) is 0.819. The van der Waals surface area contributed by atoms with Gasteiger partial charge in [-0.3, -0.25) is 0 Å². The fraction of sp³-hybridized carbons (Fsp3) is 0.111. The van der Waals surface area contributed by atoms with E-state index in [4.69, 9.17) is 1.37 Å². The van der Waals surface area contributed by atoms with Crippen LogP contribution in [0.1, 0.15) is 1.37 Å². The molecule has 0 saturated heterocycles. The first-order valence-corrected chi connectivity index (χ1v) is 3.26. The summed E-state index contributed by atoms with van der Waals surface area (Å²) in [5.74, 6) is 0. The van der Waals surface area contributed by atoms with Gasteiger partial charge in [0.15, 0.2) is 0 Å². The SMILES string of the molecule is [2H]C=c1cccc/c1=C\C(F)(F)F. The van der Waals surface area contributed by atoms with Gasteiger partial charge in [-0.15, -0.1) is 0 Å². The molecule has 1 aromatic rings. The second kappa shape index (κ2) is 3.01. The molecule has 0 spiro atoms. The van der Waals surface area contributed by atoms with Crippen molar-refractivity contribution in [3.63, 3.8) is 0 Å². The Kier molecular flexibility index (Phi) is 1.86. The molecule has 0 saturated carbocycles. The van der Waals surface area contributed by atoms with Crippen molar-refractivity contribution in [3.8, 4) is 0 Å². The summed E-state index contributed by atoms with van der Waals surface area (Å²) in [5.41, 5.74) is 0. The third kappa shape index (κ3) is 2.42. The van der Waals surface area contributed by atoms with Gasteiger partial charge in [0.1, 0.15) is 0 Å². The lowest BCUT2D eigenvalue weighted by Crippen LogP contribution is -2.25. The van der Waals surface area contributed by atoms with Gasteiger partial charge in [-0.25, -0.2) is 0 Å². The van der Waals surface area contributed by atoms with Gasteiger partial charge >= 0.3 is 6.18 Å². The van der Waals surface area contributed by atoms with Crippen LogP contribution in [0.5, 0.6) is 0 Å². The van der Waals surface area contributed by atoms with Crippen LogP contribution in [0.15, 0.2) is 24.3 Å². The molecule has 12 heavy (non-hydrogen) atoms. The van der Waals surface area contributed by atoms with E-state index in [0.29, 0.717) is 0 Å². The van der Waals surface area contributed by atoms with Crippen molar-refractivity contribution in [2.45, 2.75) is 6.18 Å². The Morgan fingerprint density at radius 1 is 1.33 bits per heavy atom. The minimum absolute atomic E-state index is 0.0185. The van der Waals surface area contributed by atoms with Crippen LogP contribution in [-0.4, -0.2) is 6.18 Å². The predicted octanol–water partition coefficient (Wildman–Crippen LogP) is 1.44. The maximum atomic E-state index is 11.9. The highest BCUT2D eigenvalue weighted by Gasteiger charge is 2.22. The molecule has 0 bridgehead atoms. The molecular formula is C9H7F3.